The second-order valence-electron chi connectivity index (χ2n) is 4.46. The van der Waals surface area contributed by atoms with E-state index in [-0.39, 0.29) is 17.1 Å². The molecule has 0 saturated carbocycles. The molecule has 2 N–H and O–H groups in total. The van der Waals surface area contributed by atoms with Crippen molar-refractivity contribution in [2.45, 2.75) is 11.4 Å². The average Bonchev–Trinajstić information content (AvgIpc) is 2.49. The van der Waals surface area contributed by atoms with Crippen LogP contribution in [0.5, 0.6) is 0 Å². The van der Waals surface area contributed by atoms with Gasteiger partial charge in [0.25, 0.3) is 0 Å². The Bertz CT molecular complexity index is 779. The topological polar surface area (TPSA) is 100 Å². The van der Waals surface area contributed by atoms with Gasteiger partial charge in [0.1, 0.15) is 11.0 Å². The molecule has 0 aliphatic rings. The lowest BCUT2D eigenvalue weighted by Crippen LogP contribution is -2.27. The van der Waals surface area contributed by atoms with Crippen molar-refractivity contribution in [2.75, 3.05) is 12.8 Å². The minimum absolute atomic E-state index is 0.0922. The summed E-state index contributed by atoms with van der Waals surface area (Å²) in [6, 6.07) is 11.6. The van der Waals surface area contributed by atoms with Crippen LogP contribution in [-0.4, -0.2) is 24.8 Å². The smallest absolute Gasteiger partial charge is 0.246 e. The monoisotopic (exact) mass is 302 g/mol. The van der Waals surface area contributed by atoms with Crippen molar-refractivity contribution >= 4 is 15.7 Å². The molecule has 1 heterocycles. The van der Waals surface area contributed by atoms with Crippen LogP contribution in [0.25, 0.3) is 0 Å². The van der Waals surface area contributed by atoms with Gasteiger partial charge in [0.05, 0.1) is 0 Å². The molecule has 0 unspecified atom stereocenters. The second kappa shape index (κ2) is 5.91. The summed E-state index contributed by atoms with van der Waals surface area (Å²) in [7, 11) is -2.31. The Labute approximate surface area is 123 Å². The van der Waals surface area contributed by atoms with E-state index >= 15 is 0 Å². The molecule has 0 saturated heterocycles. The number of rotatable bonds is 4. The molecule has 7 heteroatoms. The van der Waals surface area contributed by atoms with Gasteiger partial charge in [0, 0.05) is 25.5 Å². The average molecular weight is 302 g/mol. The molecule has 0 aliphatic carbocycles. The van der Waals surface area contributed by atoms with Gasteiger partial charge >= 0.3 is 0 Å². The number of nitriles is 1. The predicted molar refractivity (Wildman–Crippen MR) is 78.5 cm³/mol. The van der Waals surface area contributed by atoms with Crippen LogP contribution in [0.2, 0.25) is 0 Å². The number of hydrogen-bond donors (Lipinski definition) is 1. The first-order chi connectivity index (χ1) is 9.95. The van der Waals surface area contributed by atoms with E-state index < -0.39 is 10.0 Å². The van der Waals surface area contributed by atoms with Crippen molar-refractivity contribution < 1.29 is 8.42 Å². The first-order valence-electron chi connectivity index (χ1n) is 6.11. The minimum atomic E-state index is -3.77. The van der Waals surface area contributed by atoms with Crippen molar-refractivity contribution in [3.63, 3.8) is 0 Å². The van der Waals surface area contributed by atoms with E-state index in [1.807, 2.05) is 0 Å². The molecule has 1 aromatic heterocycles. The molecule has 0 aliphatic heterocycles. The van der Waals surface area contributed by atoms with Crippen molar-refractivity contribution in [2.24, 2.45) is 0 Å². The number of pyridine rings is 1. The van der Waals surface area contributed by atoms with Gasteiger partial charge in [-0.05, 0) is 29.8 Å². The fraction of sp³-hybridized carbons (Fsp3) is 0.143. The van der Waals surface area contributed by atoms with Crippen LogP contribution in [0.3, 0.4) is 0 Å². The van der Waals surface area contributed by atoms with Crippen LogP contribution in [0.1, 0.15) is 11.3 Å². The molecule has 0 radical (unpaired) electrons. The lowest BCUT2D eigenvalue weighted by molar-refractivity contribution is 0.466. The predicted octanol–water partition coefficient (Wildman–Crippen LogP) is 1.36. The fourth-order valence-electron chi connectivity index (χ4n) is 1.82. The first-order valence-corrected chi connectivity index (χ1v) is 7.55. The van der Waals surface area contributed by atoms with E-state index in [1.54, 1.807) is 30.3 Å². The van der Waals surface area contributed by atoms with Crippen LogP contribution < -0.4 is 5.73 Å². The van der Waals surface area contributed by atoms with Gasteiger partial charge < -0.3 is 5.73 Å². The lowest BCUT2D eigenvalue weighted by Gasteiger charge is -2.17. The summed E-state index contributed by atoms with van der Waals surface area (Å²) in [6.45, 7) is 0.183. The Balaban J connectivity index is 2.31. The zero-order valence-electron chi connectivity index (χ0n) is 11.4. The molecular formula is C14H14N4O2S. The zero-order valence-corrected chi connectivity index (χ0v) is 12.2. The summed E-state index contributed by atoms with van der Waals surface area (Å²) in [4.78, 5) is 3.69. The van der Waals surface area contributed by atoms with E-state index in [1.165, 1.54) is 29.7 Å². The lowest BCUT2D eigenvalue weighted by atomic mass is 10.2. The third kappa shape index (κ3) is 3.18. The largest absolute Gasteiger partial charge is 0.399 e. The Morgan fingerprint density at radius 3 is 2.57 bits per heavy atom. The van der Waals surface area contributed by atoms with Crippen molar-refractivity contribution in [3.05, 3.63) is 53.9 Å². The molecule has 1 aromatic carbocycles. The van der Waals surface area contributed by atoms with Crippen LogP contribution in [0.4, 0.5) is 5.69 Å². The Kier molecular flexibility index (Phi) is 4.21. The van der Waals surface area contributed by atoms with Gasteiger partial charge in [0.2, 0.25) is 10.0 Å². The number of benzene rings is 1. The van der Waals surface area contributed by atoms with E-state index in [2.05, 4.69) is 4.98 Å². The van der Waals surface area contributed by atoms with Gasteiger partial charge in [-0.15, -0.1) is 0 Å². The van der Waals surface area contributed by atoms with Gasteiger partial charge in [0.15, 0.2) is 5.69 Å². The second-order valence-corrected chi connectivity index (χ2v) is 6.48. The maximum Gasteiger partial charge on any atom is 0.246 e. The quantitative estimate of drug-likeness (QED) is 0.859. The van der Waals surface area contributed by atoms with Crippen LogP contribution in [0, 0.1) is 11.3 Å². The van der Waals surface area contributed by atoms with Crippen molar-refractivity contribution in [1.82, 2.24) is 9.29 Å². The Morgan fingerprint density at radius 2 is 1.95 bits per heavy atom. The number of nitrogens with two attached hydrogens (primary N) is 1. The molecule has 2 aromatic rings. The summed E-state index contributed by atoms with van der Waals surface area (Å²) in [5, 5.41) is 8.97. The summed E-state index contributed by atoms with van der Waals surface area (Å²) in [5.74, 6) is 0. The van der Waals surface area contributed by atoms with Gasteiger partial charge in [-0.25, -0.2) is 13.4 Å². The van der Waals surface area contributed by atoms with Crippen molar-refractivity contribution in [1.29, 1.82) is 5.26 Å². The first kappa shape index (κ1) is 15.0. The molecule has 0 bridgehead atoms. The van der Waals surface area contributed by atoms with E-state index in [9.17, 15) is 8.42 Å². The molecule has 21 heavy (non-hydrogen) atoms. The van der Waals surface area contributed by atoms with E-state index in [4.69, 9.17) is 11.0 Å². The van der Waals surface area contributed by atoms with E-state index in [0.29, 0.717) is 5.69 Å². The van der Waals surface area contributed by atoms with Gasteiger partial charge in [-0.3, -0.25) is 0 Å². The molecular weight excluding hydrogens is 288 g/mol. The normalized spacial score (nSPS) is 11.3. The highest BCUT2D eigenvalue weighted by Crippen LogP contribution is 2.19. The summed E-state index contributed by atoms with van der Waals surface area (Å²) in [6.07, 6.45) is 1.39. The summed E-state index contributed by atoms with van der Waals surface area (Å²) >= 11 is 0. The molecule has 0 amide bonds. The molecule has 0 fully saturated rings. The number of nitrogen functional groups attached to an aromatic ring is 1. The number of anilines is 1. The minimum Gasteiger partial charge on any atom is -0.399 e. The van der Waals surface area contributed by atoms with Crippen LogP contribution >= 0.6 is 0 Å². The maximum absolute atomic E-state index is 12.5. The molecule has 0 atom stereocenters. The summed E-state index contributed by atoms with van der Waals surface area (Å²) < 4.78 is 26.2. The van der Waals surface area contributed by atoms with Crippen molar-refractivity contribution in [3.8, 4) is 6.07 Å². The Hall–Kier alpha value is -2.43. The summed E-state index contributed by atoms with van der Waals surface area (Å²) in [5.41, 5.74) is 6.90. The number of nitrogens with zero attached hydrogens (tertiary/aromatic N) is 3. The standard InChI is InChI=1S/C14H14N4O2S/c1-18(10-11-4-6-12(16)7-5-11)21(19,20)14-3-2-8-17-13(14)9-15/h2-8H,10,16H2,1H3. The number of aromatic nitrogens is 1. The van der Waals surface area contributed by atoms with Crippen LogP contribution in [-0.2, 0) is 16.6 Å². The SMILES string of the molecule is CN(Cc1ccc(N)cc1)S(=O)(=O)c1cccnc1C#N. The van der Waals surface area contributed by atoms with Gasteiger partial charge in [-0.1, -0.05) is 12.1 Å². The fourth-order valence-corrected chi connectivity index (χ4v) is 3.06. The molecule has 108 valence electrons. The molecule has 2 rings (SSSR count). The Morgan fingerprint density at radius 1 is 1.29 bits per heavy atom. The zero-order chi connectivity index (χ0) is 15.5. The number of hydrogen-bond acceptors (Lipinski definition) is 5. The number of sulfonamides is 1. The maximum atomic E-state index is 12.5. The van der Waals surface area contributed by atoms with E-state index in [0.717, 1.165) is 5.56 Å². The highest BCUT2D eigenvalue weighted by atomic mass is 32.2. The molecule has 0 spiro atoms. The third-order valence-electron chi connectivity index (χ3n) is 2.95. The highest BCUT2D eigenvalue weighted by Gasteiger charge is 2.24. The third-order valence-corrected chi connectivity index (χ3v) is 4.78. The highest BCUT2D eigenvalue weighted by molar-refractivity contribution is 7.89. The van der Waals surface area contributed by atoms with Gasteiger partial charge in [-0.2, -0.15) is 9.57 Å². The van der Waals surface area contributed by atoms with Crippen LogP contribution in [0.15, 0.2) is 47.5 Å². The molecule has 6 nitrogen and oxygen atoms in total.